The van der Waals surface area contributed by atoms with Crippen molar-refractivity contribution in [3.63, 3.8) is 0 Å². The van der Waals surface area contributed by atoms with Crippen LogP contribution in [0.5, 0.6) is 0 Å². The normalized spacial score (nSPS) is 13.0. The maximum absolute atomic E-state index is 13.7. The van der Waals surface area contributed by atoms with Crippen molar-refractivity contribution in [2.24, 2.45) is 0 Å². The Morgan fingerprint density at radius 1 is 1.18 bits per heavy atom. The molecule has 2 heterocycles. The van der Waals surface area contributed by atoms with Crippen LogP contribution in [0.2, 0.25) is 19.6 Å². The number of aryl methyl sites for hydroxylation is 1. The Labute approximate surface area is 163 Å². The van der Waals surface area contributed by atoms with Crippen LogP contribution in [-0.2, 0) is 23.6 Å². The molecule has 6 nitrogen and oxygen atoms in total. The van der Waals surface area contributed by atoms with Crippen LogP contribution in [0, 0.1) is 0 Å². The molecule has 0 unspecified atom stereocenters. The first-order valence-electron chi connectivity index (χ1n) is 8.91. The van der Waals surface area contributed by atoms with E-state index in [1.165, 1.54) is 12.4 Å². The zero-order valence-electron chi connectivity index (χ0n) is 16.7. The molecule has 0 aromatic carbocycles. The summed E-state index contributed by atoms with van der Waals surface area (Å²) >= 11 is 0. The molecule has 0 bridgehead atoms. The summed E-state index contributed by atoms with van der Waals surface area (Å²) in [5.74, 6) is -0.555. The first-order chi connectivity index (χ1) is 12.8. The van der Waals surface area contributed by atoms with E-state index in [9.17, 15) is 18.0 Å². The number of hydrogen-bond acceptors (Lipinski definition) is 5. The number of Topliss-reactive ketones (excluding diaryl/α,β-unsaturated/α-hetero) is 1. The van der Waals surface area contributed by atoms with Gasteiger partial charge in [-0.1, -0.05) is 0 Å². The van der Waals surface area contributed by atoms with Crippen LogP contribution in [-0.4, -0.2) is 39.5 Å². The smallest absolute Gasteiger partial charge is 0.413 e. The van der Waals surface area contributed by atoms with E-state index in [-0.39, 0.29) is 18.8 Å². The fourth-order valence-corrected chi connectivity index (χ4v) is 4.73. The number of aromatic nitrogens is 4. The van der Waals surface area contributed by atoms with Crippen molar-refractivity contribution in [3.05, 3.63) is 41.7 Å². The van der Waals surface area contributed by atoms with Gasteiger partial charge in [0.2, 0.25) is 0 Å². The minimum Gasteiger partial charge on any atom is -0.413 e. The summed E-state index contributed by atoms with van der Waals surface area (Å²) in [6, 6.07) is 1.57. The Morgan fingerprint density at radius 2 is 1.79 bits per heavy atom. The lowest BCUT2D eigenvalue weighted by atomic mass is 10.1. The Bertz CT molecular complexity index is 814. The van der Waals surface area contributed by atoms with Gasteiger partial charge in [-0.3, -0.25) is 9.48 Å². The Hall–Kier alpha value is -2.07. The molecule has 2 aromatic rings. The van der Waals surface area contributed by atoms with E-state index < -0.39 is 37.1 Å². The molecular weight excluding hydrogens is 389 g/mol. The van der Waals surface area contributed by atoms with Gasteiger partial charge >= 0.3 is 6.18 Å². The summed E-state index contributed by atoms with van der Waals surface area (Å²) in [4.78, 5) is 20.2. The van der Waals surface area contributed by atoms with Crippen LogP contribution in [0.15, 0.2) is 24.7 Å². The molecule has 0 saturated heterocycles. The zero-order valence-corrected chi connectivity index (χ0v) is 17.7. The van der Waals surface area contributed by atoms with E-state index in [1.54, 1.807) is 6.07 Å². The second kappa shape index (κ2) is 8.12. The molecule has 28 heavy (non-hydrogen) atoms. The van der Waals surface area contributed by atoms with E-state index in [4.69, 9.17) is 4.43 Å². The van der Waals surface area contributed by atoms with Gasteiger partial charge in [-0.25, -0.2) is 9.97 Å². The quantitative estimate of drug-likeness (QED) is 0.480. The van der Waals surface area contributed by atoms with Crippen molar-refractivity contribution in [1.82, 2.24) is 19.7 Å². The standard InChI is InChI=1S/C18H25F3N4O2Si/c1-17(2,27-28(3,4)5)7-10-25-16(18(19,20)21)13(12-24-25)14(26)11-15-22-8-6-9-23-15/h6,8-9,12H,7,10-11H2,1-5H3. The van der Waals surface area contributed by atoms with Crippen molar-refractivity contribution in [2.45, 2.75) is 64.7 Å². The van der Waals surface area contributed by atoms with E-state index >= 15 is 0 Å². The highest BCUT2D eigenvalue weighted by Crippen LogP contribution is 2.33. The van der Waals surface area contributed by atoms with Crippen LogP contribution in [0.3, 0.4) is 0 Å². The number of nitrogens with zero attached hydrogens (tertiary/aromatic N) is 4. The molecule has 0 aliphatic heterocycles. The second-order valence-electron chi connectivity index (χ2n) is 8.12. The highest BCUT2D eigenvalue weighted by Gasteiger charge is 2.40. The molecular formula is C18H25F3N4O2Si. The molecule has 0 spiro atoms. The SMILES string of the molecule is CC(C)(CCn1ncc(C(=O)Cc2ncccn2)c1C(F)(F)F)O[Si](C)(C)C. The fourth-order valence-electron chi connectivity index (χ4n) is 2.97. The minimum atomic E-state index is -4.71. The van der Waals surface area contributed by atoms with E-state index in [0.29, 0.717) is 6.42 Å². The van der Waals surface area contributed by atoms with Crippen LogP contribution >= 0.6 is 0 Å². The minimum absolute atomic E-state index is 0.0125. The molecule has 0 fully saturated rings. The molecule has 2 aromatic heterocycles. The third-order valence-corrected chi connectivity index (χ3v) is 5.02. The average molecular weight is 415 g/mol. The van der Waals surface area contributed by atoms with Crippen molar-refractivity contribution in [2.75, 3.05) is 0 Å². The Kier molecular flexibility index (Phi) is 6.44. The molecule has 0 saturated carbocycles. The summed E-state index contributed by atoms with van der Waals surface area (Å²) < 4.78 is 47.9. The van der Waals surface area contributed by atoms with Crippen molar-refractivity contribution >= 4 is 14.1 Å². The molecule has 0 atom stereocenters. The van der Waals surface area contributed by atoms with Crippen LogP contribution < -0.4 is 0 Å². The number of halogens is 3. The van der Waals surface area contributed by atoms with Gasteiger partial charge in [-0.15, -0.1) is 0 Å². The maximum Gasteiger partial charge on any atom is 0.433 e. The number of hydrogen-bond donors (Lipinski definition) is 0. The zero-order chi connectivity index (χ0) is 21.2. The van der Waals surface area contributed by atoms with E-state index in [2.05, 4.69) is 15.1 Å². The topological polar surface area (TPSA) is 69.9 Å². The number of carbonyl (C=O) groups is 1. The molecule has 0 amide bonds. The lowest BCUT2D eigenvalue weighted by Crippen LogP contribution is -2.39. The first kappa shape index (κ1) is 22.2. The maximum atomic E-state index is 13.7. The predicted octanol–water partition coefficient (Wildman–Crippen LogP) is 4.14. The highest BCUT2D eigenvalue weighted by atomic mass is 28.4. The number of carbonyl (C=O) groups excluding carboxylic acids is 1. The van der Waals surface area contributed by atoms with Crippen molar-refractivity contribution in [3.8, 4) is 0 Å². The van der Waals surface area contributed by atoms with Crippen molar-refractivity contribution < 1.29 is 22.4 Å². The summed E-state index contributed by atoms with van der Waals surface area (Å²) in [5, 5.41) is 3.84. The number of ketones is 1. The summed E-state index contributed by atoms with van der Waals surface area (Å²) in [6.45, 7) is 9.74. The van der Waals surface area contributed by atoms with Gasteiger partial charge < -0.3 is 4.43 Å². The largest absolute Gasteiger partial charge is 0.433 e. The molecule has 2 rings (SSSR count). The summed E-state index contributed by atoms with van der Waals surface area (Å²) in [6.07, 6.45) is -0.852. The predicted molar refractivity (Wildman–Crippen MR) is 100 cm³/mol. The lowest BCUT2D eigenvalue weighted by molar-refractivity contribution is -0.144. The average Bonchev–Trinajstić information content (AvgIpc) is 2.96. The second-order valence-corrected chi connectivity index (χ2v) is 12.5. The number of rotatable bonds is 8. The fraction of sp³-hybridized carbons (Fsp3) is 0.556. The summed E-state index contributed by atoms with van der Waals surface area (Å²) in [7, 11) is -1.86. The Morgan fingerprint density at radius 3 is 2.32 bits per heavy atom. The van der Waals surface area contributed by atoms with Gasteiger partial charge in [0.1, 0.15) is 5.82 Å². The molecule has 0 aliphatic rings. The van der Waals surface area contributed by atoms with Crippen LogP contribution in [0.1, 0.15) is 42.1 Å². The molecule has 0 aliphatic carbocycles. The molecule has 154 valence electrons. The highest BCUT2D eigenvalue weighted by molar-refractivity contribution is 6.69. The summed E-state index contributed by atoms with van der Waals surface area (Å²) in [5.41, 5.74) is -2.11. The third kappa shape index (κ3) is 6.23. The van der Waals surface area contributed by atoms with Gasteiger partial charge in [-0.05, 0) is 46.0 Å². The van der Waals surface area contributed by atoms with Gasteiger partial charge in [0.25, 0.3) is 0 Å². The molecule has 10 heteroatoms. The van der Waals surface area contributed by atoms with Gasteiger partial charge in [0.05, 0.1) is 23.8 Å². The van der Waals surface area contributed by atoms with Gasteiger partial charge in [0.15, 0.2) is 19.8 Å². The van der Waals surface area contributed by atoms with E-state index in [0.717, 1.165) is 10.9 Å². The first-order valence-corrected chi connectivity index (χ1v) is 12.3. The van der Waals surface area contributed by atoms with Gasteiger partial charge in [0, 0.05) is 18.9 Å². The van der Waals surface area contributed by atoms with Crippen LogP contribution in [0.25, 0.3) is 0 Å². The molecule has 0 N–H and O–H groups in total. The van der Waals surface area contributed by atoms with Gasteiger partial charge in [-0.2, -0.15) is 18.3 Å². The van der Waals surface area contributed by atoms with Crippen molar-refractivity contribution in [1.29, 1.82) is 0 Å². The van der Waals surface area contributed by atoms with Crippen LogP contribution in [0.4, 0.5) is 13.2 Å². The Balaban J connectivity index is 2.23. The lowest BCUT2D eigenvalue weighted by Gasteiger charge is -2.33. The number of alkyl halides is 3. The monoisotopic (exact) mass is 414 g/mol. The van der Waals surface area contributed by atoms with E-state index in [1.807, 2.05) is 33.5 Å². The molecule has 0 radical (unpaired) electrons. The third-order valence-electron chi connectivity index (χ3n) is 3.85.